The quantitative estimate of drug-likeness (QED) is 0.579. The highest BCUT2D eigenvalue weighted by Gasteiger charge is 2.10. The molecule has 4 heteroatoms. The third kappa shape index (κ3) is 4.33. The van der Waals surface area contributed by atoms with Crippen molar-refractivity contribution in [3.8, 4) is 11.1 Å². The fourth-order valence-corrected chi connectivity index (χ4v) is 2.97. The number of ether oxygens (including phenoxy) is 1. The van der Waals surface area contributed by atoms with Gasteiger partial charge in [0.2, 0.25) is 0 Å². The molecule has 110 valence electrons. The molecule has 0 aliphatic carbocycles. The SMILES string of the molecule is CCOC(=O)CCSc1ccccc1-c1ccccc1F. The van der Waals surface area contributed by atoms with Crippen molar-refractivity contribution in [1.29, 1.82) is 0 Å². The first kappa shape index (κ1) is 15.6. The first-order chi connectivity index (χ1) is 10.2. The van der Waals surface area contributed by atoms with Gasteiger partial charge in [-0.05, 0) is 24.6 Å². The molecule has 2 aromatic rings. The van der Waals surface area contributed by atoms with Crippen LogP contribution in [-0.4, -0.2) is 18.3 Å². The summed E-state index contributed by atoms with van der Waals surface area (Å²) in [6, 6.07) is 14.3. The number of rotatable bonds is 6. The molecule has 0 aromatic heterocycles. The molecule has 0 heterocycles. The third-order valence-electron chi connectivity index (χ3n) is 2.92. The summed E-state index contributed by atoms with van der Waals surface area (Å²) in [4.78, 5) is 12.3. The van der Waals surface area contributed by atoms with E-state index in [9.17, 15) is 9.18 Å². The van der Waals surface area contributed by atoms with Gasteiger partial charge in [0.1, 0.15) is 5.82 Å². The van der Waals surface area contributed by atoms with Crippen molar-refractivity contribution in [2.24, 2.45) is 0 Å². The Hall–Kier alpha value is -1.81. The number of hydrogen-bond acceptors (Lipinski definition) is 3. The Bertz CT molecular complexity index is 613. The minimum atomic E-state index is -0.240. The van der Waals surface area contributed by atoms with Crippen LogP contribution >= 0.6 is 11.8 Å². The van der Waals surface area contributed by atoms with E-state index >= 15 is 0 Å². The van der Waals surface area contributed by atoms with Crippen LogP contribution in [0.2, 0.25) is 0 Å². The number of thioether (sulfide) groups is 1. The minimum absolute atomic E-state index is 0.201. The normalized spacial score (nSPS) is 10.4. The topological polar surface area (TPSA) is 26.3 Å². The predicted molar refractivity (Wildman–Crippen MR) is 83.8 cm³/mol. The van der Waals surface area contributed by atoms with Gasteiger partial charge in [-0.2, -0.15) is 0 Å². The van der Waals surface area contributed by atoms with E-state index in [1.807, 2.05) is 30.3 Å². The molecule has 2 nitrogen and oxygen atoms in total. The molecule has 0 spiro atoms. The number of halogens is 1. The van der Waals surface area contributed by atoms with Crippen LogP contribution in [-0.2, 0) is 9.53 Å². The van der Waals surface area contributed by atoms with Gasteiger partial charge in [-0.15, -0.1) is 11.8 Å². The van der Waals surface area contributed by atoms with Crippen LogP contribution in [0.25, 0.3) is 11.1 Å². The van der Waals surface area contributed by atoms with Gasteiger partial charge in [0.25, 0.3) is 0 Å². The van der Waals surface area contributed by atoms with Gasteiger partial charge in [0.15, 0.2) is 0 Å². The molecular weight excluding hydrogens is 287 g/mol. The molecule has 0 aliphatic heterocycles. The molecule has 0 saturated heterocycles. The molecule has 0 bridgehead atoms. The average molecular weight is 304 g/mol. The zero-order valence-corrected chi connectivity index (χ0v) is 12.7. The Kier molecular flexibility index (Phi) is 5.81. The maximum absolute atomic E-state index is 13.9. The third-order valence-corrected chi connectivity index (χ3v) is 4.00. The first-order valence-corrected chi connectivity index (χ1v) is 7.83. The highest BCUT2D eigenvalue weighted by molar-refractivity contribution is 7.99. The van der Waals surface area contributed by atoms with Gasteiger partial charge < -0.3 is 4.74 Å². The molecule has 2 rings (SSSR count). The van der Waals surface area contributed by atoms with Crippen LogP contribution in [0.1, 0.15) is 13.3 Å². The summed E-state index contributed by atoms with van der Waals surface area (Å²) in [7, 11) is 0. The van der Waals surface area contributed by atoms with Crippen molar-refractivity contribution in [2.75, 3.05) is 12.4 Å². The lowest BCUT2D eigenvalue weighted by atomic mass is 10.1. The summed E-state index contributed by atoms with van der Waals surface area (Å²) >= 11 is 1.54. The van der Waals surface area contributed by atoms with Gasteiger partial charge in [-0.3, -0.25) is 4.79 Å². The van der Waals surface area contributed by atoms with Crippen molar-refractivity contribution in [3.05, 3.63) is 54.3 Å². The molecular formula is C17H17FO2S. The van der Waals surface area contributed by atoms with Crippen molar-refractivity contribution >= 4 is 17.7 Å². The van der Waals surface area contributed by atoms with Crippen LogP contribution in [0.5, 0.6) is 0 Å². The lowest BCUT2D eigenvalue weighted by molar-refractivity contribution is -0.142. The second-order valence-electron chi connectivity index (χ2n) is 4.38. The van der Waals surface area contributed by atoms with Crippen LogP contribution in [0.3, 0.4) is 0 Å². The Morgan fingerprint density at radius 2 is 1.76 bits per heavy atom. The monoisotopic (exact) mass is 304 g/mol. The summed E-state index contributed by atoms with van der Waals surface area (Å²) in [6.45, 7) is 2.19. The minimum Gasteiger partial charge on any atom is -0.466 e. The Labute approximate surface area is 128 Å². The first-order valence-electron chi connectivity index (χ1n) is 6.84. The average Bonchev–Trinajstić information content (AvgIpc) is 2.49. The van der Waals surface area contributed by atoms with Gasteiger partial charge in [-0.1, -0.05) is 36.4 Å². The molecule has 0 radical (unpaired) electrons. The van der Waals surface area contributed by atoms with Crippen LogP contribution in [0.4, 0.5) is 4.39 Å². The largest absolute Gasteiger partial charge is 0.466 e. The van der Waals surface area contributed by atoms with E-state index in [2.05, 4.69) is 0 Å². The van der Waals surface area contributed by atoms with Crippen LogP contribution < -0.4 is 0 Å². The van der Waals surface area contributed by atoms with Gasteiger partial charge >= 0.3 is 5.97 Å². The summed E-state index contributed by atoms with van der Waals surface area (Å²) in [6.07, 6.45) is 0.351. The smallest absolute Gasteiger partial charge is 0.306 e. The molecule has 0 amide bonds. The number of carbonyl (C=O) groups is 1. The van der Waals surface area contributed by atoms with Gasteiger partial charge in [-0.25, -0.2) is 4.39 Å². The number of esters is 1. The standard InChI is InChI=1S/C17H17FO2S/c1-2-20-17(19)11-12-21-16-10-6-4-8-14(16)13-7-3-5-9-15(13)18/h3-10H,2,11-12H2,1H3. The van der Waals surface area contributed by atoms with Crippen LogP contribution in [0, 0.1) is 5.82 Å². The van der Waals surface area contributed by atoms with Crippen LogP contribution in [0.15, 0.2) is 53.4 Å². The molecule has 0 fully saturated rings. The Balaban J connectivity index is 2.11. The number of carbonyl (C=O) groups excluding carboxylic acids is 1. The van der Waals surface area contributed by atoms with Crippen molar-refractivity contribution in [3.63, 3.8) is 0 Å². The van der Waals surface area contributed by atoms with E-state index in [-0.39, 0.29) is 11.8 Å². The lowest BCUT2D eigenvalue weighted by Gasteiger charge is -2.10. The molecule has 21 heavy (non-hydrogen) atoms. The summed E-state index contributed by atoms with van der Waals surface area (Å²) in [5.41, 5.74) is 1.43. The summed E-state index contributed by atoms with van der Waals surface area (Å²) in [5.74, 6) is 0.175. The van der Waals surface area contributed by atoms with E-state index in [1.165, 1.54) is 17.8 Å². The van der Waals surface area contributed by atoms with E-state index in [0.29, 0.717) is 24.3 Å². The maximum atomic E-state index is 13.9. The van der Waals surface area contributed by atoms with E-state index < -0.39 is 0 Å². The highest BCUT2D eigenvalue weighted by Crippen LogP contribution is 2.33. The number of benzene rings is 2. The van der Waals surface area contributed by atoms with E-state index in [1.54, 1.807) is 19.1 Å². The second kappa shape index (κ2) is 7.84. The van der Waals surface area contributed by atoms with E-state index in [0.717, 1.165) is 10.5 Å². The predicted octanol–water partition coefficient (Wildman–Crippen LogP) is 4.54. The fourth-order valence-electron chi connectivity index (χ4n) is 1.97. The zero-order chi connectivity index (χ0) is 15.1. The molecule has 2 aromatic carbocycles. The second-order valence-corrected chi connectivity index (χ2v) is 5.52. The molecule has 0 aliphatic rings. The molecule has 0 saturated carbocycles. The summed E-state index contributed by atoms with van der Waals surface area (Å²) in [5, 5.41) is 0. The van der Waals surface area contributed by atoms with Crippen molar-refractivity contribution < 1.29 is 13.9 Å². The fraction of sp³-hybridized carbons (Fsp3) is 0.235. The van der Waals surface area contributed by atoms with Gasteiger partial charge in [0, 0.05) is 16.2 Å². The molecule has 0 N–H and O–H groups in total. The molecule has 0 unspecified atom stereocenters. The van der Waals surface area contributed by atoms with E-state index in [4.69, 9.17) is 4.74 Å². The maximum Gasteiger partial charge on any atom is 0.306 e. The zero-order valence-electron chi connectivity index (χ0n) is 11.8. The van der Waals surface area contributed by atoms with Gasteiger partial charge in [0.05, 0.1) is 13.0 Å². The Morgan fingerprint density at radius 3 is 2.48 bits per heavy atom. The highest BCUT2D eigenvalue weighted by atomic mass is 32.2. The summed E-state index contributed by atoms with van der Waals surface area (Å²) < 4.78 is 18.8. The lowest BCUT2D eigenvalue weighted by Crippen LogP contribution is -2.04. The van der Waals surface area contributed by atoms with Crippen molar-refractivity contribution in [1.82, 2.24) is 0 Å². The Morgan fingerprint density at radius 1 is 1.10 bits per heavy atom. The number of hydrogen-bond donors (Lipinski definition) is 0. The van der Waals surface area contributed by atoms with Crippen molar-refractivity contribution in [2.45, 2.75) is 18.2 Å². The molecule has 0 atom stereocenters.